The van der Waals surface area contributed by atoms with Crippen LogP contribution in [0.3, 0.4) is 0 Å². The first-order valence-corrected chi connectivity index (χ1v) is 11.2. The van der Waals surface area contributed by atoms with Crippen molar-refractivity contribution < 1.29 is 36.5 Å². The molecular weight excluding hydrogens is 490 g/mol. The highest BCUT2D eigenvalue weighted by atomic mass is 32.2. The number of pyridine rings is 1. The van der Waals surface area contributed by atoms with E-state index in [4.69, 9.17) is 9.47 Å². The second-order valence-electron chi connectivity index (χ2n) is 7.00. The van der Waals surface area contributed by atoms with Gasteiger partial charge in [-0.1, -0.05) is 42.1 Å². The molecule has 0 radical (unpaired) electrons. The van der Waals surface area contributed by atoms with Crippen LogP contribution in [-0.4, -0.2) is 35.3 Å². The number of nitrogens with one attached hydrogen (secondary N) is 1. The normalized spacial score (nSPS) is 11.3. The summed E-state index contributed by atoms with van der Waals surface area (Å²) in [6.07, 6.45) is 1.55. The lowest BCUT2D eigenvalue weighted by molar-refractivity contribution is -0.0690. The number of aromatic amines is 1. The van der Waals surface area contributed by atoms with Gasteiger partial charge in [-0.2, -0.15) is 17.6 Å². The number of fused-ring (bicyclic) bond motifs is 1. The Kier molecular flexibility index (Phi) is 7.80. The Labute approximate surface area is 201 Å². The summed E-state index contributed by atoms with van der Waals surface area (Å²) >= 11 is 1.27. The zero-order chi connectivity index (χ0) is 24.8. The average Bonchev–Trinajstić information content (AvgIpc) is 3.23. The first-order chi connectivity index (χ1) is 16.9. The summed E-state index contributed by atoms with van der Waals surface area (Å²) in [5.41, 5.74) is 2.23. The fourth-order valence-electron chi connectivity index (χ4n) is 3.13. The smallest absolute Gasteiger partial charge is 0.387 e. The predicted octanol–water partition coefficient (Wildman–Crippen LogP) is 6.04. The molecule has 4 aromatic rings. The van der Waals surface area contributed by atoms with Crippen LogP contribution in [0.4, 0.5) is 17.6 Å². The third-order valence-electron chi connectivity index (χ3n) is 4.66. The van der Waals surface area contributed by atoms with E-state index in [1.165, 1.54) is 18.9 Å². The molecule has 1 N–H and O–H groups in total. The maximum absolute atomic E-state index is 12.7. The molecule has 0 aliphatic rings. The van der Waals surface area contributed by atoms with E-state index >= 15 is 0 Å². The Bertz CT molecular complexity index is 1230. The van der Waals surface area contributed by atoms with E-state index in [2.05, 4.69) is 24.4 Å². The van der Waals surface area contributed by atoms with E-state index in [1.54, 1.807) is 12.3 Å². The number of nitrogens with zero attached hydrogens (tertiary/aromatic N) is 2. The molecule has 0 bridgehead atoms. The highest BCUT2D eigenvalue weighted by Crippen LogP contribution is 2.35. The monoisotopic (exact) mass is 509 g/mol. The molecule has 0 atom stereocenters. The van der Waals surface area contributed by atoms with Gasteiger partial charge in [0, 0.05) is 24.0 Å². The topological polar surface area (TPSA) is 78.5 Å². The molecule has 0 aliphatic heterocycles. The number of aromatic nitrogens is 3. The van der Waals surface area contributed by atoms with E-state index in [9.17, 15) is 17.6 Å². The minimum atomic E-state index is -3.21. The van der Waals surface area contributed by atoms with Gasteiger partial charge >= 0.3 is 13.2 Å². The maximum atomic E-state index is 12.7. The first kappa shape index (κ1) is 24.5. The van der Waals surface area contributed by atoms with Crippen LogP contribution in [0, 0.1) is 0 Å². The van der Waals surface area contributed by atoms with Crippen LogP contribution in [0.5, 0.6) is 23.0 Å². The number of benzene rings is 2. The molecule has 35 heavy (non-hydrogen) atoms. The molecule has 0 saturated carbocycles. The number of rotatable bonds is 11. The molecule has 0 saturated heterocycles. The van der Waals surface area contributed by atoms with Gasteiger partial charge in [-0.25, -0.2) is 4.98 Å². The van der Waals surface area contributed by atoms with Gasteiger partial charge < -0.3 is 23.9 Å². The summed E-state index contributed by atoms with van der Waals surface area (Å²) < 4.78 is 70.5. The minimum Gasteiger partial charge on any atom is -0.491 e. The minimum absolute atomic E-state index is 0.249. The maximum Gasteiger partial charge on any atom is 0.387 e. The third-order valence-corrected chi connectivity index (χ3v) is 5.57. The Morgan fingerprint density at radius 2 is 1.63 bits per heavy atom. The summed E-state index contributed by atoms with van der Waals surface area (Å²) in [4.78, 5) is 11.6. The molecule has 0 fully saturated rings. The van der Waals surface area contributed by atoms with Crippen LogP contribution in [0.15, 0.2) is 59.9 Å². The number of imidazole rings is 1. The van der Waals surface area contributed by atoms with Crippen LogP contribution >= 0.6 is 11.8 Å². The molecular formula is C23H19F4N3O4S. The van der Waals surface area contributed by atoms with Crippen molar-refractivity contribution in [2.45, 2.75) is 30.7 Å². The zero-order valence-corrected chi connectivity index (χ0v) is 19.0. The Morgan fingerprint density at radius 3 is 2.31 bits per heavy atom. The van der Waals surface area contributed by atoms with E-state index in [0.717, 1.165) is 17.7 Å². The second kappa shape index (κ2) is 11.2. The fourth-order valence-corrected chi connectivity index (χ4v) is 3.91. The van der Waals surface area contributed by atoms with Gasteiger partial charge in [0.25, 0.3) is 0 Å². The molecule has 7 nitrogen and oxygen atoms in total. The van der Waals surface area contributed by atoms with Crippen LogP contribution in [0.25, 0.3) is 11.0 Å². The SMILES string of the molecule is COc1cnc(CSc2nc3cc(OC(F)F)c(OC(F)F)cc3[nH]2)cc1OCc1ccccc1. The second-order valence-corrected chi connectivity index (χ2v) is 7.97. The van der Waals surface area contributed by atoms with Gasteiger partial charge in [0.15, 0.2) is 28.2 Å². The van der Waals surface area contributed by atoms with Crippen LogP contribution in [0.2, 0.25) is 0 Å². The van der Waals surface area contributed by atoms with Crippen molar-refractivity contribution in [1.82, 2.24) is 15.0 Å². The summed E-state index contributed by atoms with van der Waals surface area (Å²) in [6, 6.07) is 13.7. The molecule has 12 heteroatoms. The van der Waals surface area contributed by atoms with E-state index in [0.29, 0.717) is 40.2 Å². The Hall–Kier alpha value is -3.67. The van der Waals surface area contributed by atoms with Gasteiger partial charge in [0.05, 0.1) is 30.0 Å². The molecule has 184 valence electrons. The van der Waals surface area contributed by atoms with Gasteiger partial charge in [-0.15, -0.1) is 0 Å². The highest BCUT2D eigenvalue weighted by Gasteiger charge is 2.18. The molecule has 0 amide bonds. The van der Waals surface area contributed by atoms with Gasteiger partial charge in [-0.05, 0) is 5.56 Å². The van der Waals surface area contributed by atoms with E-state index in [1.807, 2.05) is 30.3 Å². The molecule has 4 rings (SSSR count). The summed E-state index contributed by atoms with van der Waals surface area (Å²) in [5.74, 6) is 0.329. The van der Waals surface area contributed by atoms with Crippen LogP contribution in [0.1, 0.15) is 11.3 Å². The molecule has 2 aromatic heterocycles. The number of hydrogen-bond acceptors (Lipinski definition) is 7. The van der Waals surface area contributed by atoms with Gasteiger partial charge in [-0.3, -0.25) is 4.98 Å². The molecule has 2 heterocycles. The standard InChI is InChI=1S/C23H19F4N3O4S/c1-31-20-10-28-14(7-17(20)32-11-13-5-3-2-4-6-13)12-35-23-29-15-8-18(33-21(24)25)19(34-22(26)27)9-16(15)30-23/h2-10,21-22H,11-12H2,1H3,(H,29,30). The lowest BCUT2D eigenvalue weighted by atomic mass is 10.2. The number of ether oxygens (including phenoxy) is 4. The quantitative estimate of drug-likeness (QED) is 0.195. The predicted molar refractivity (Wildman–Crippen MR) is 120 cm³/mol. The number of halogens is 4. The lowest BCUT2D eigenvalue weighted by Gasteiger charge is -2.11. The third kappa shape index (κ3) is 6.47. The Morgan fingerprint density at radius 1 is 0.914 bits per heavy atom. The van der Waals surface area contributed by atoms with Gasteiger partial charge in [0.2, 0.25) is 0 Å². The first-order valence-electron chi connectivity index (χ1n) is 10.2. The van der Waals surface area contributed by atoms with Crippen molar-refractivity contribution in [3.8, 4) is 23.0 Å². The van der Waals surface area contributed by atoms with E-state index < -0.39 is 24.7 Å². The van der Waals surface area contributed by atoms with Crippen molar-refractivity contribution in [1.29, 1.82) is 0 Å². The number of thioether (sulfide) groups is 1. The lowest BCUT2D eigenvalue weighted by Crippen LogP contribution is -2.07. The number of methoxy groups -OCH3 is 1. The fraction of sp³-hybridized carbons (Fsp3) is 0.217. The zero-order valence-electron chi connectivity index (χ0n) is 18.2. The average molecular weight is 509 g/mol. The number of alkyl halides is 4. The van der Waals surface area contributed by atoms with Crippen molar-refractivity contribution in [3.05, 3.63) is 66.0 Å². The van der Waals surface area contributed by atoms with Crippen LogP contribution < -0.4 is 18.9 Å². The summed E-state index contributed by atoms with van der Waals surface area (Å²) in [6.45, 7) is -6.06. The van der Waals surface area contributed by atoms with Crippen LogP contribution in [-0.2, 0) is 12.4 Å². The molecule has 2 aromatic carbocycles. The summed E-state index contributed by atoms with van der Waals surface area (Å²) in [7, 11) is 1.52. The number of H-pyrrole nitrogens is 1. The Balaban J connectivity index is 1.49. The summed E-state index contributed by atoms with van der Waals surface area (Å²) in [5, 5.41) is 0.418. The van der Waals surface area contributed by atoms with Crippen molar-refractivity contribution in [3.63, 3.8) is 0 Å². The van der Waals surface area contributed by atoms with Crippen molar-refractivity contribution in [2.24, 2.45) is 0 Å². The van der Waals surface area contributed by atoms with E-state index in [-0.39, 0.29) is 5.52 Å². The molecule has 0 spiro atoms. The molecule has 0 aliphatic carbocycles. The number of hydrogen-bond donors (Lipinski definition) is 1. The van der Waals surface area contributed by atoms with Crippen molar-refractivity contribution in [2.75, 3.05) is 7.11 Å². The van der Waals surface area contributed by atoms with Crippen molar-refractivity contribution >= 4 is 22.8 Å². The highest BCUT2D eigenvalue weighted by molar-refractivity contribution is 7.98. The van der Waals surface area contributed by atoms with Gasteiger partial charge in [0.1, 0.15) is 6.61 Å². The largest absolute Gasteiger partial charge is 0.491 e. The molecule has 0 unspecified atom stereocenters.